The number of rotatable bonds is 5. The second kappa shape index (κ2) is 9.06. The van der Waals surface area contributed by atoms with Crippen molar-refractivity contribution in [3.05, 3.63) is 61.0 Å². The number of halogens is 2. The summed E-state index contributed by atoms with van der Waals surface area (Å²) < 4.78 is 6.62. The molecule has 0 unspecified atom stereocenters. The van der Waals surface area contributed by atoms with E-state index >= 15 is 0 Å². The van der Waals surface area contributed by atoms with Gasteiger partial charge in [-0.3, -0.25) is 20.2 Å². The predicted octanol–water partition coefficient (Wildman–Crippen LogP) is 4.65. The molecule has 0 saturated heterocycles. The van der Waals surface area contributed by atoms with Crippen LogP contribution in [0.5, 0.6) is 5.75 Å². The average Bonchev–Trinajstić information content (AvgIpc) is 2.58. The number of carbonyl (C=O) groups is 1. The first kappa shape index (κ1) is 20.3. The van der Waals surface area contributed by atoms with Crippen LogP contribution in [0.2, 0.25) is 0 Å². The van der Waals surface area contributed by atoms with Gasteiger partial charge in [0.25, 0.3) is 11.6 Å². The molecule has 0 aliphatic carbocycles. The van der Waals surface area contributed by atoms with Crippen LogP contribution in [-0.4, -0.2) is 22.5 Å². The van der Waals surface area contributed by atoms with Gasteiger partial charge in [-0.05, 0) is 59.3 Å². The lowest BCUT2D eigenvalue weighted by atomic mass is 10.2. The Morgan fingerprint density at radius 3 is 2.62 bits per heavy atom. The Labute approximate surface area is 171 Å². The maximum Gasteiger partial charge on any atom is 0.270 e. The van der Waals surface area contributed by atoms with Gasteiger partial charge in [-0.1, -0.05) is 15.9 Å². The number of carbonyl (C=O) groups excluding carboxylic acids is 1. The SMILES string of the molecule is CCOc1ccc(Br)cc1C(=O)NC(=S)Nc1ccc([N+](=O)[O-])cc1Br. The molecule has 0 fully saturated rings. The second-order valence-electron chi connectivity index (χ2n) is 4.90. The van der Waals surface area contributed by atoms with Gasteiger partial charge in [0.2, 0.25) is 0 Å². The lowest BCUT2D eigenvalue weighted by Crippen LogP contribution is -2.34. The number of nitrogens with one attached hydrogen (secondary N) is 2. The first-order valence-electron chi connectivity index (χ1n) is 7.30. The molecule has 2 rings (SSSR count). The summed E-state index contributed by atoms with van der Waals surface area (Å²) in [6.45, 7) is 2.24. The Morgan fingerprint density at radius 1 is 1.27 bits per heavy atom. The van der Waals surface area contributed by atoms with E-state index in [0.29, 0.717) is 28.1 Å². The molecule has 7 nitrogen and oxygen atoms in total. The van der Waals surface area contributed by atoms with Crippen molar-refractivity contribution < 1.29 is 14.5 Å². The molecule has 0 spiro atoms. The molecule has 0 heterocycles. The Morgan fingerprint density at radius 2 is 2.00 bits per heavy atom. The topological polar surface area (TPSA) is 93.5 Å². The summed E-state index contributed by atoms with van der Waals surface area (Å²) in [7, 11) is 0. The summed E-state index contributed by atoms with van der Waals surface area (Å²) in [4.78, 5) is 22.7. The van der Waals surface area contributed by atoms with Crippen molar-refractivity contribution in [1.82, 2.24) is 5.32 Å². The molecule has 0 bridgehead atoms. The maximum atomic E-state index is 12.5. The van der Waals surface area contributed by atoms with Crippen LogP contribution in [0.1, 0.15) is 17.3 Å². The van der Waals surface area contributed by atoms with Crippen molar-refractivity contribution in [2.75, 3.05) is 11.9 Å². The third-order valence-electron chi connectivity index (χ3n) is 3.12. The van der Waals surface area contributed by atoms with E-state index in [2.05, 4.69) is 42.5 Å². The minimum absolute atomic E-state index is 0.0481. The fourth-order valence-electron chi connectivity index (χ4n) is 2.00. The molecule has 2 N–H and O–H groups in total. The number of nitro benzene ring substituents is 1. The highest BCUT2D eigenvalue weighted by Gasteiger charge is 2.16. The summed E-state index contributed by atoms with van der Waals surface area (Å²) >= 11 is 11.7. The van der Waals surface area contributed by atoms with Gasteiger partial charge in [-0.2, -0.15) is 0 Å². The molecule has 136 valence electrons. The van der Waals surface area contributed by atoms with Crippen molar-refractivity contribution in [3.63, 3.8) is 0 Å². The molecule has 0 aromatic heterocycles. The van der Waals surface area contributed by atoms with E-state index in [1.165, 1.54) is 18.2 Å². The predicted molar refractivity (Wildman–Crippen MR) is 110 cm³/mol. The number of benzene rings is 2. The highest BCUT2D eigenvalue weighted by molar-refractivity contribution is 9.10. The summed E-state index contributed by atoms with van der Waals surface area (Å²) in [5.41, 5.74) is 0.751. The lowest BCUT2D eigenvalue weighted by Gasteiger charge is -2.13. The van der Waals surface area contributed by atoms with Crippen molar-refractivity contribution >= 4 is 66.5 Å². The first-order valence-corrected chi connectivity index (χ1v) is 9.30. The van der Waals surface area contributed by atoms with E-state index in [4.69, 9.17) is 17.0 Å². The standard InChI is InChI=1S/C16H13Br2N3O4S/c1-2-25-14-6-3-9(17)7-11(14)15(22)20-16(26)19-13-5-4-10(21(23)24)8-12(13)18/h3-8H,2H2,1H3,(H2,19,20,22,26). The number of amides is 1. The average molecular weight is 503 g/mol. The number of nitro groups is 1. The van der Waals surface area contributed by atoms with Gasteiger partial charge in [0.1, 0.15) is 5.75 Å². The normalized spacial score (nSPS) is 10.1. The van der Waals surface area contributed by atoms with Crippen LogP contribution in [0.3, 0.4) is 0 Å². The second-order valence-corrected chi connectivity index (χ2v) is 7.08. The molecule has 1 amide bonds. The lowest BCUT2D eigenvalue weighted by molar-refractivity contribution is -0.384. The van der Waals surface area contributed by atoms with Crippen LogP contribution >= 0.6 is 44.1 Å². The molecule has 0 aliphatic rings. The van der Waals surface area contributed by atoms with Gasteiger partial charge < -0.3 is 10.1 Å². The number of nitrogens with zero attached hydrogens (tertiary/aromatic N) is 1. The molecule has 0 saturated carbocycles. The smallest absolute Gasteiger partial charge is 0.270 e. The number of non-ortho nitro benzene ring substituents is 1. The van der Waals surface area contributed by atoms with Crippen molar-refractivity contribution in [2.24, 2.45) is 0 Å². The number of thiocarbonyl (C=S) groups is 1. The molecule has 0 radical (unpaired) electrons. The largest absolute Gasteiger partial charge is 0.493 e. The van der Waals surface area contributed by atoms with E-state index < -0.39 is 10.8 Å². The molecule has 2 aromatic rings. The molecule has 10 heteroatoms. The third kappa shape index (κ3) is 5.23. The fourth-order valence-corrected chi connectivity index (χ4v) is 3.03. The van der Waals surface area contributed by atoms with Crippen LogP contribution < -0.4 is 15.4 Å². The van der Waals surface area contributed by atoms with E-state index in [9.17, 15) is 14.9 Å². The van der Waals surface area contributed by atoms with Gasteiger partial charge in [0, 0.05) is 21.1 Å². The van der Waals surface area contributed by atoms with E-state index in [0.717, 1.165) is 4.47 Å². The molecule has 26 heavy (non-hydrogen) atoms. The molecule has 0 atom stereocenters. The van der Waals surface area contributed by atoms with Crippen LogP contribution in [0.4, 0.5) is 11.4 Å². The highest BCUT2D eigenvalue weighted by atomic mass is 79.9. The Hall–Kier alpha value is -2.04. The first-order chi connectivity index (χ1) is 12.3. The fraction of sp³-hybridized carbons (Fsp3) is 0.125. The van der Waals surface area contributed by atoms with Gasteiger partial charge in [0.15, 0.2) is 5.11 Å². The van der Waals surface area contributed by atoms with Crippen molar-refractivity contribution in [3.8, 4) is 5.75 Å². The Balaban J connectivity index is 2.12. The number of hydrogen-bond acceptors (Lipinski definition) is 5. The minimum Gasteiger partial charge on any atom is -0.493 e. The summed E-state index contributed by atoms with van der Waals surface area (Å²) in [5.74, 6) is -0.00204. The zero-order valence-corrected chi connectivity index (χ0v) is 17.4. The molecular formula is C16H13Br2N3O4S. The molecule has 0 aliphatic heterocycles. The van der Waals surface area contributed by atoms with E-state index in [1.54, 1.807) is 18.2 Å². The van der Waals surface area contributed by atoms with Gasteiger partial charge in [-0.25, -0.2) is 0 Å². The van der Waals surface area contributed by atoms with Crippen molar-refractivity contribution in [1.29, 1.82) is 0 Å². The van der Waals surface area contributed by atoms with Crippen LogP contribution in [-0.2, 0) is 0 Å². The van der Waals surface area contributed by atoms with Crippen LogP contribution in [0.15, 0.2) is 45.3 Å². The van der Waals surface area contributed by atoms with E-state index in [-0.39, 0.29) is 10.8 Å². The van der Waals surface area contributed by atoms with E-state index in [1.807, 2.05) is 6.92 Å². The number of hydrogen-bond donors (Lipinski definition) is 2. The molecule has 2 aromatic carbocycles. The zero-order chi connectivity index (χ0) is 19.3. The van der Waals surface area contributed by atoms with Crippen molar-refractivity contribution in [2.45, 2.75) is 6.92 Å². The quantitative estimate of drug-likeness (QED) is 0.351. The summed E-state index contributed by atoms with van der Waals surface area (Å²) in [5, 5.41) is 16.2. The highest BCUT2D eigenvalue weighted by Crippen LogP contribution is 2.27. The summed E-state index contributed by atoms with van der Waals surface area (Å²) in [6.07, 6.45) is 0. The monoisotopic (exact) mass is 501 g/mol. The number of ether oxygens (including phenoxy) is 1. The minimum atomic E-state index is -0.503. The maximum absolute atomic E-state index is 12.5. The van der Waals surface area contributed by atoms with Gasteiger partial charge in [0.05, 0.1) is 22.8 Å². The third-order valence-corrected chi connectivity index (χ3v) is 4.48. The van der Waals surface area contributed by atoms with Crippen LogP contribution in [0.25, 0.3) is 0 Å². The van der Waals surface area contributed by atoms with Gasteiger partial charge >= 0.3 is 0 Å². The Kier molecular flexibility index (Phi) is 7.06. The zero-order valence-electron chi connectivity index (χ0n) is 13.4. The Bertz CT molecular complexity index is 877. The number of anilines is 1. The summed E-state index contributed by atoms with van der Waals surface area (Å²) in [6, 6.07) is 9.25. The van der Waals surface area contributed by atoms with Gasteiger partial charge in [-0.15, -0.1) is 0 Å². The van der Waals surface area contributed by atoms with Crippen LogP contribution in [0, 0.1) is 10.1 Å². The molecular weight excluding hydrogens is 490 g/mol.